The summed E-state index contributed by atoms with van der Waals surface area (Å²) in [6, 6.07) is 7.92. The summed E-state index contributed by atoms with van der Waals surface area (Å²) in [6.07, 6.45) is 1.40. The molecule has 0 spiro atoms. The lowest BCUT2D eigenvalue weighted by Crippen LogP contribution is -2.55. The van der Waals surface area contributed by atoms with Crippen LogP contribution in [0, 0.1) is 0 Å². The van der Waals surface area contributed by atoms with Gasteiger partial charge in [-0.15, -0.1) is 11.6 Å². The maximum Gasteiger partial charge on any atom is 0.235 e. The number of aromatic nitrogens is 1. The summed E-state index contributed by atoms with van der Waals surface area (Å²) in [7, 11) is 0. The van der Waals surface area contributed by atoms with Gasteiger partial charge in [0.2, 0.25) is 5.91 Å². The molecule has 0 radical (unpaired) electrons. The third kappa shape index (κ3) is 4.33. The molecule has 1 aromatic carbocycles. The summed E-state index contributed by atoms with van der Waals surface area (Å²) in [6.45, 7) is -0.496. The largest absolute Gasteiger partial charge is 0.394 e. The molecular formula is C21H20Cl3FN2O3. The number of carbonyl (C=O) groups is 2. The second-order valence-electron chi connectivity index (χ2n) is 7.28. The third-order valence-electron chi connectivity index (χ3n) is 5.43. The summed E-state index contributed by atoms with van der Waals surface area (Å²) in [5.74, 6) is -1.44. The van der Waals surface area contributed by atoms with Crippen molar-refractivity contribution in [2.24, 2.45) is 0 Å². The van der Waals surface area contributed by atoms with Crippen LogP contribution in [0.2, 0.25) is 10.0 Å². The molecule has 1 amide bonds. The fourth-order valence-corrected chi connectivity index (χ4v) is 4.39. The van der Waals surface area contributed by atoms with Crippen LogP contribution in [0.3, 0.4) is 0 Å². The van der Waals surface area contributed by atoms with Gasteiger partial charge in [0.15, 0.2) is 11.5 Å². The second kappa shape index (κ2) is 9.18. The zero-order chi connectivity index (χ0) is 21.9. The molecule has 160 valence electrons. The van der Waals surface area contributed by atoms with E-state index in [1.807, 2.05) is 0 Å². The number of Topliss-reactive ketones (excluding diaryl/α,β-unsaturated/α-hetero) is 1. The Labute approximate surface area is 188 Å². The molecule has 3 rings (SSSR count). The number of amides is 1. The van der Waals surface area contributed by atoms with E-state index in [1.165, 1.54) is 18.3 Å². The number of carbonyl (C=O) groups excluding carboxylic acids is 2. The summed E-state index contributed by atoms with van der Waals surface area (Å²) in [5.41, 5.74) is -2.70. The van der Waals surface area contributed by atoms with Crippen LogP contribution in [0.1, 0.15) is 36.1 Å². The predicted molar refractivity (Wildman–Crippen MR) is 114 cm³/mol. The van der Waals surface area contributed by atoms with Crippen molar-refractivity contribution in [2.75, 3.05) is 12.5 Å². The fourth-order valence-electron chi connectivity index (χ4n) is 3.82. The van der Waals surface area contributed by atoms with E-state index in [4.69, 9.17) is 34.8 Å². The van der Waals surface area contributed by atoms with E-state index < -0.39 is 29.5 Å². The number of rotatable bonds is 7. The highest BCUT2D eigenvalue weighted by molar-refractivity contribution is 6.35. The lowest BCUT2D eigenvalue weighted by atomic mass is 9.71. The van der Waals surface area contributed by atoms with Crippen LogP contribution in [0.25, 0.3) is 0 Å². The van der Waals surface area contributed by atoms with Crippen molar-refractivity contribution in [2.45, 2.75) is 36.9 Å². The molecule has 0 bridgehead atoms. The molecule has 30 heavy (non-hydrogen) atoms. The highest BCUT2D eigenvalue weighted by Gasteiger charge is 2.52. The minimum absolute atomic E-state index is 0.0000827. The Kier molecular flexibility index (Phi) is 7.02. The number of nitrogens with one attached hydrogen (secondary N) is 1. The maximum atomic E-state index is 16.1. The van der Waals surface area contributed by atoms with Crippen LogP contribution in [0.15, 0.2) is 36.5 Å². The summed E-state index contributed by atoms with van der Waals surface area (Å²) < 4.78 is 16.1. The molecule has 2 aromatic rings. The van der Waals surface area contributed by atoms with Crippen molar-refractivity contribution in [1.29, 1.82) is 0 Å². The van der Waals surface area contributed by atoms with Gasteiger partial charge < -0.3 is 10.4 Å². The Morgan fingerprint density at radius 1 is 1.23 bits per heavy atom. The van der Waals surface area contributed by atoms with Crippen LogP contribution in [0.5, 0.6) is 0 Å². The van der Waals surface area contributed by atoms with E-state index in [0.717, 1.165) is 0 Å². The molecule has 0 saturated heterocycles. The highest BCUT2D eigenvalue weighted by atomic mass is 35.5. The number of aliphatic hydroxyl groups excluding tert-OH is 1. The number of nitrogens with zero attached hydrogens (tertiary/aromatic N) is 1. The molecule has 5 nitrogen and oxygen atoms in total. The SMILES string of the molecule is O=C(CCl)N[C@@]1(CO)CC[C@@](F)(C(=O)CCc2ccc(Cl)cc2Cl)c2cccnc21. The van der Waals surface area contributed by atoms with Crippen LogP contribution < -0.4 is 5.32 Å². The molecule has 1 aliphatic rings. The molecule has 1 heterocycles. The minimum atomic E-state index is -2.28. The Morgan fingerprint density at radius 3 is 2.67 bits per heavy atom. The Hall–Kier alpha value is -1.73. The molecule has 0 unspecified atom stereocenters. The number of benzene rings is 1. The van der Waals surface area contributed by atoms with Crippen molar-refractivity contribution < 1.29 is 19.1 Å². The number of aryl methyl sites for hydroxylation is 1. The van der Waals surface area contributed by atoms with Crippen molar-refractivity contribution in [3.8, 4) is 0 Å². The molecule has 0 fully saturated rings. The van der Waals surface area contributed by atoms with Gasteiger partial charge in [0.1, 0.15) is 11.4 Å². The van der Waals surface area contributed by atoms with Gasteiger partial charge in [-0.3, -0.25) is 14.6 Å². The van der Waals surface area contributed by atoms with Gasteiger partial charge in [0, 0.05) is 28.2 Å². The molecule has 9 heteroatoms. The van der Waals surface area contributed by atoms with Crippen molar-refractivity contribution >= 4 is 46.5 Å². The van der Waals surface area contributed by atoms with Gasteiger partial charge >= 0.3 is 0 Å². The number of aliphatic hydroxyl groups is 1. The van der Waals surface area contributed by atoms with E-state index in [1.54, 1.807) is 18.2 Å². The van der Waals surface area contributed by atoms with Gasteiger partial charge in [-0.05, 0) is 43.0 Å². The normalized spacial score (nSPS) is 23.0. The minimum Gasteiger partial charge on any atom is -0.394 e. The maximum absolute atomic E-state index is 16.1. The van der Waals surface area contributed by atoms with Crippen molar-refractivity contribution in [3.63, 3.8) is 0 Å². The smallest absolute Gasteiger partial charge is 0.235 e. The molecule has 1 aliphatic carbocycles. The van der Waals surface area contributed by atoms with Gasteiger partial charge in [-0.1, -0.05) is 35.3 Å². The average molecular weight is 474 g/mol. The lowest BCUT2D eigenvalue weighted by molar-refractivity contribution is -0.133. The fraction of sp³-hybridized carbons (Fsp3) is 0.381. The molecule has 0 saturated carbocycles. The number of hydrogen-bond donors (Lipinski definition) is 2. The van der Waals surface area contributed by atoms with Gasteiger partial charge in [0.05, 0.1) is 12.3 Å². The van der Waals surface area contributed by atoms with Crippen LogP contribution >= 0.6 is 34.8 Å². The van der Waals surface area contributed by atoms with Crippen molar-refractivity contribution in [3.05, 3.63) is 63.4 Å². The third-order valence-corrected chi connectivity index (χ3v) is 6.26. The highest BCUT2D eigenvalue weighted by Crippen LogP contribution is 2.46. The van der Waals surface area contributed by atoms with E-state index in [9.17, 15) is 14.7 Å². The van der Waals surface area contributed by atoms with Crippen LogP contribution in [-0.4, -0.2) is 34.3 Å². The Balaban J connectivity index is 1.89. The predicted octanol–water partition coefficient (Wildman–Crippen LogP) is 4.09. The lowest BCUT2D eigenvalue weighted by Gasteiger charge is -2.42. The first-order valence-electron chi connectivity index (χ1n) is 9.36. The van der Waals surface area contributed by atoms with Crippen LogP contribution in [-0.2, 0) is 27.2 Å². The van der Waals surface area contributed by atoms with Gasteiger partial charge in [-0.25, -0.2) is 4.39 Å². The zero-order valence-corrected chi connectivity index (χ0v) is 18.2. The average Bonchev–Trinajstić information content (AvgIpc) is 2.75. The van der Waals surface area contributed by atoms with E-state index in [0.29, 0.717) is 15.6 Å². The topological polar surface area (TPSA) is 79.3 Å². The quantitative estimate of drug-likeness (QED) is 0.594. The summed E-state index contributed by atoms with van der Waals surface area (Å²) >= 11 is 17.6. The first-order chi connectivity index (χ1) is 14.3. The molecule has 2 atom stereocenters. The monoisotopic (exact) mass is 472 g/mol. The number of fused-ring (bicyclic) bond motifs is 1. The Morgan fingerprint density at radius 2 is 2.00 bits per heavy atom. The zero-order valence-electron chi connectivity index (χ0n) is 15.9. The van der Waals surface area contributed by atoms with E-state index >= 15 is 4.39 Å². The summed E-state index contributed by atoms with van der Waals surface area (Å²) in [5, 5.41) is 13.5. The van der Waals surface area contributed by atoms with Gasteiger partial charge in [-0.2, -0.15) is 0 Å². The Bertz CT molecular complexity index is 974. The standard InChI is InChI=1S/C21H20Cl3FN2O3/c22-11-18(30)27-20(12-28)7-8-21(25,15-2-1-9-26-19(15)20)17(29)6-4-13-3-5-14(23)10-16(13)24/h1-3,5,9-10,28H,4,6-8,11-12H2,(H,27,30)/t20-,21+/m1/s1. The number of halogens is 4. The van der Waals surface area contributed by atoms with E-state index in [2.05, 4.69) is 10.3 Å². The number of alkyl halides is 2. The summed E-state index contributed by atoms with van der Waals surface area (Å²) in [4.78, 5) is 29.1. The molecule has 0 aliphatic heterocycles. The number of hydrogen-bond acceptors (Lipinski definition) is 4. The molecule has 2 N–H and O–H groups in total. The molecule has 1 aromatic heterocycles. The van der Waals surface area contributed by atoms with Gasteiger partial charge in [0.25, 0.3) is 0 Å². The van der Waals surface area contributed by atoms with E-state index in [-0.39, 0.29) is 42.8 Å². The molecular weight excluding hydrogens is 454 g/mol. The van der Waals surface area contributed by atoms with Crippen molar-refractivity contribution in [1.82, 2.24) is 10.3 Å². The number of ketones is 1. The number of pyridine rings is 1. The first-order valence-corrected chi connectivity index (χ1v) is 10.6. The first kappa shape index (κ1) is 22.9. The second-order valence-corrected chi connectivity index (χ2v) is 8.39. The van der Waals surface area contributed by atoms with Crippen LogP contribution in [0.4, 0.5) is 4.39 Å².